The van der Waals surface area contributed by atoms with Crippen LogP contribution in [0.1, 0.15) is 11.3 Å². The van der Waals surface area contributed by atoms with Crippen molar-refractivity contribution in [2.75, 3.05) is 5.32 Å². The minimum absolute atomic E-state index is 0.0197. The summed E-state index contributed by atoms with van der Waals surface area (Å²) in [6.07, 6.45) is -0.795. The maximum Gasteiger partial charge on any atom is 0.412 e. The van der Waals surface area contributed by atoms with Crippen molar-refractivity contribution in [3.8, 4) is 0 Å². The predicted octanol–water partition coefficient (Wildman–Crippen LogP) is 4.14. The fraction of sp³-hybridized carbons (Fsp3) is 0.136. The van der Waals surface area contributed by atoms with Crippen molar-refractivity contribution in [1.82, 2.24) is 4.57 Å². The van der Waals surface area contributed by atoms with Crippen molar-refractivity contribution >= 4 is 29.5 Å². The first-order valence-corrected chi connectivity index (χ1v) is 9.92. The number of aryl methyl sites for hydroxylation is 1. The highest BCUT2D eigenvalue weighted by molar-refractivity contribution is 7.99. The SMILES string of the molecule is Cc1cc(Sc2ccccc2)c(NC(=O)OCc2ccccc2)c(=O)n1CC(=O)O. The molecule has 8 heteroatoms. The van der Waals surface area contributed by atoms with E-state index in [9.17, 15) is 14.4 Å². The number of carboxylic acid groups (broad SMARTS) is 1. The molecule has 0 radical (unpaired) electrons. The number of amides is 1. The zero-order chi connectivity index (χ0) is 21.5. The molecule has 7 nitrogen and oxygen atoms in total. The molecule has 0 saturated heterocycles. The van der Waals surface area contributed by atoms with Crippen LogP contribution in [0.3, 0.4) is 0 Å². The van der Waals surface area contributed by atoms with Gasteiger partial charge in [0.15, 0.2) is 0 Å². The zero-order valence-electron chi connectivity index (χ0n) is 16.2. The zero-order valence-corrected chi connectivity index (χ0v) is 17.0. The Labute approximate surface area is 177 Å². The number of carboxylic acids is 1. The lowest BCUT2D eigenvalue weighted by Crippen LogP contribution is -2.30. The van der Waals surface area contributed by atoms with Gasteiger partial charge in [0.1, 0.15) is 18.8 Å². The number of aromatic nitrogens is 1. The second kappa shape index (κ2) is 9.80. The van der Waals surface area contributed by atoms with E-state index in [1.165, 1.54) is 11.8 Å². The maximum absolute atomic E-state index is 13.0. The molecule has 154 valence electrons. The van der Waals surface area contributed by atoms with Crippen LogP contribution in [0.15, 0.2) is 81.3 Å². The van der Waals surface area contributed by atoms with E-state index < -0.39 is 24.2 Å². The van der Waals surface area contributed by atoms with Crippen molar-refractivity contribution in [2.24, 2.45) is 0 Å². The molecule has 0 aliphatic carbocycles. The van der Waals surface area contributed by atoms with Crippen LogP contribution in [-0.4, -0.2) is 21.7 Å². The molecule has 2 N–H and O–H groups in total. The van der Waals surface area contributed by atoms with E-state index in [1.54, 1.807) is 13.0 Å². The highest BCUT2D eigenvalue weighted by Crippen LogP contribution is 2.32. The molecule has 30 heavy (non-hydrogen) atoms. The number of hydrogen-bond acceptors (Lipinski definition) is 5. The first-order valence-electron chi connectivity index (χ1n) is 9.11. The number of pyridine rings is 1. The van der Waals surface area contributed by atoms with E-state index in [1.807, 2.05) is 60.7 Å². The first-order chi connectivity index (χ1) is 14.4. The van der Waals surface area contributed by atoms with Crippen LogP contribution >= 0.6 is 11.8 Å². The third-order valence-electron chi connectivity index (χ3n) is 4.18. The van der Waals surface area contributed by atoms with Gasteiger partial charge in [-0.2, -0.15) is 0 Å². The lowest BCUT2D eigenvalue weighted by atomic mass is 10.2. The molecule has 0 spiro atoms. The topological polar surface area (TPSA) is 97.6 Å². The Hall–Kier alpha value is -3.52. The fourth-order valence-corrected chi connectivity index (χ4v) is 3.76. The standard InChI is InChI=1S/C22H20N2O5S/c1-15-12-18(30-17-10-6-3-7-11-17)20(21(27)24(15)13-19(25)26)23-22(28)29-14-16-8-4-2-5-9-16/h2-12H,13-14H2,1H3,(H,23,28)(H,25,26). The number of benzene rings is 2. The van der Waals surface area contributed by atoms with Gasteiger partial charge in [0.25, 0.3) is 5.56 Å². The Morgan fingerprint density at radius 1 is 1.07 bits per heavy atom. The quantitative estimate of drug-likeness (QED) is 0.592. The third kappa shape index (κ3) is 5.51. The number of anilines is 1. The molecule has 0 aliphatic heterocycles. The van der Waals surface area contributed by atoms with Crippen molar-refractivity contribution in [2.45, 2.75) is 29.9 Å². The molecule has 3 rings (SSSR count). The number of ether oxygens (including phenoxy) is 1. The van der Waals surface area contributed by atoms with Crippen LogP contribution in [0.25, 0.3) is 0 Å². The average Bonchev–Trinajstić information content (AvgIpc) is 2.74. The molecule has 3 aromatic rings. The maximum atomic E-state index is 13.0. The number of nitrogens with one attached hydrogen (secondary N) is 1. The molecule has 0 aliphatic rings. The highest BCUT2D eigenvalue weighted by Gasteiger charge is 2.18. The van der Waals surface area contributed by atoms with Crippen molar-refractivity contribution in [1.29, 1.82) is 0 Å². The summed E-state index contributed by atoms with van der Waals surface area (Å²) in [7, 11) is 0. The molecule has 0 bridgehead atoms. The largest absolute Gasteiger partial charge is 0.480 e. The van der Waals surface area contributed by atoms with Gasteiger partial charge in [-0.15, -0.1) is 0 Å². The minimum Gasteiger partial charge on any atom is -0.480 e. The molecule has 1 amide bonds. The minimum atomic E-state index is -1.15. The Kier molecular flexibility index (Phi) is 6.92. The lowest BCUT2D eigenvalue weighted by Gasteiger charge is -2.15. The summed E-state index contributed by atoms with van der Waals surface area (Å²) in [6.45, 7) is 1.19. The molecule has 0 fully saturated rings. The Bertz CT molecular complexity index is 1100. The average molecular weight is 424 g/mol. The summed E-state index contributed by atoms with van der Waals surface area (Å²) in [5, 5.41) is 11.6. The van der Waals surface area contributed by atoms with Crippen LogP contribution in [0.4, 0.5) is 10.5 Å². The van der Waals surface area contributed by atoms with Crippen LogP contribution in [0.2, 0.25) is 0 Å². The van der Waals surface area contributed by atoms with Gasteiger partial charge in [-0.1, -0.05) is 60.3 Å². The molecule has 0 saturated carbocycles. The Morgan fingerprint density at radius 3 is 2.33 bits per heavy atom. The number of hydrogen-bond donors (Lipinski definition) is 2. The van der Waals surface area contributed by atoms with Gasteiger partial charge in [-0.05, 0) is 30.7 Å². The molecule has 0 atom stereocenters. The summed E-state index contributed by atoms with van der Waals surface area (Å²) >= 11 is 1.30. The fourth-order valence-electron chi connectivity index (χ4n) is 2.74. The smallest absolute Gasteiger partial charge is 0.412 e. The van der Waals surface area contributed by atoms with Gasteiger partial charge in [0, 0.05) is 15.5 Å². The van der Waals surface area contributed by atoms with Crippen molar-refractivity contribution < 1.29 is 19.4 Å². The van der Waals surface area contributed by atoms with E-state index in [-0.39, 0.29) is 12.3 Å². The van der Waals surface area contributed by atoms with E-state index in [0.717, 1.165) is 15.0 Å². The van der Waals surface area contributed by atoms with Gasteiger partial charge < -0.3 is 9.84 Å². The number of aliphatic carboxylic acids is 1. The molecular weight excluding hydrogens is 404 g/mol. The summed E-state index contributed by atoms with van der Waals surface area (Å²) < 4.78 is 6.32. The Balaban J connectivity index is 1.89. The molecule has 1 heterocycles. The second-order valence-corrected chi connectivity index (χ2v) is 7.53. The monoisotopic (exact) mass is 424 g/mol. The van der Waals surface area contributed by atoms with Gasteiger partial charge in [0.05, 0.1) is 0 Å². The first kappa shape index (κ1) is 21.2. The van der Waals surface area contributed by atoms with Crippen LogP contribution in [0, 0.1) is 6.92 Å². The van der Waals surface area contributed by atoms with Gasteiger partial charge >= 0.3 is 12.1 Å². The number of carbonyl (C=O) groups is 2. The van der Waals surface area contributed by atoms with Crippen LogP contribution in [-0.2, 0) is 22.7 Å². The van der Waals surface area contributed by atoms with Crippen molar-refractivity contribution in [3.05, 3.63) is 88.3 Å². The lowest BCUT2D eigenvalue weighted by molar-refractivity contribution is -0.137. The number of rotatable bonds is 7. The Morgan fingerprint density at radius 2 is 1.70 bits per heavy atom. The van der Waals surface area contributed by atoms with Gasteiger partial charge in [-0.25, -0.2) is 4.79 Å². The summed E-state index contributed by atoms with van der Waals surface area (Å²) in [5.41, 5.74) is 0.656. The van der Waals surface area contributed by atoms with E-state index in [2.05, 4.69) is 5.32 Å². The number of carbonyl (C=O) groups excluding carboxylic acids is 1. The normalized spacial score (nSPS) is 10.4. The number of nitrogens with zero attached hydrogens (tertiary/aromatic N) is 1. The molecule has 1 aromatic heterocycles. The summed E-state index contributed by atoms with van der Waals surface area (Å²) in [6, 6.07) is 20.2. The third-order valence-corrected chi connectivity index (χ3v) is 5.23. The van der Waals surface area contributed by atoms with Gasteiger partial charge in [-0.3, -0.25) is 19.5 Å². The van der Waals surface area contributed by atoms with E-state index in [0.29, 0.717) is 10.6 Å². The second-order valence-electron chi connectivity index (χ2n) is 6.41. The van der Waals surface area contributed by atoms with Crippen LogP contribution in [0.5, 0.6) is 0 Å². The molecular formula is C22H20N2O5S. The van der Waals surface area contributed by atoms with Crippen LogP contribution < -0.4 is 10.9 Å². The summed E-state index contributed by atoms with van der Waals surface area (Å²) in [5.74, 6) is -1.15. The van der Waals surface area contributed by atoms with E-state index in [4.69, 9.17) is 9.84 Å². The van der Waals surface area contributed by atoms with Gasteiger partial charge in [0.2, 0.25) is 0 Å². The molecule has 2 aromatic carbocycles. The predicted molar refractivity (Wildman–Crippen MR) is 114 cm³/mol. The van der Waals surface area contributed by atoms with E-state index >= 15 is 0 Å². The highest BCUT2D eigenvalue weighted by atomic mass is 32.2. The summed E-state index contributed by atoms with van der Waals surface area (Å²) in [4.78, 5) is 37.9. The molecule has 0 unspecified atom stereocenters. The van der Waals surface area contributed by atoms with Crippen molar-refractivity contribution in [3.63, 3.8) is 0 Å².